The Labute approximate surface area is 439 Å². The molecule has 5 aliphatic rings. The summed E-state index contributed by atoms with van der Waals surface area (Å²) >= 11 is 1.58. The van der Waals surface area contributed by atoms with Crippen LogP contribution in [-0.4, -0.2) is 139 Å². The lowest BCUT2D eigenvalue weighted by atomic mass is 9.49. The van der Waals surface area contributed by atoms with E-state index in [1.165, 1.54) is 11.0 Å². The van der Waals surface area contributed by atoms with Crippen molar-refractivity contribution in [2.75, 3.05) is 70.6 Å². The summed E-state index contributed by atoms with van der Waals surface area (Å²) in [6.07, 6.45) is -2.36. The van der Waals surface area contributed by atoms with E-state index < -0.39 is 57.8 Å². The molecule has 1 aliphatic carbocycles. The maximum Gasteiger partial charge on any atom is 0.417 e. The molecular formula is C55H66F3N9O7S. The minimum atomic E-state index is -4.71. The Kier molecular flexibility index (Phi) is 15.1. The number of alkyl halides is 3. The first-order valence-electron chi connectivity index (χ1n) is 25.5. The van der Waals surface area contributed by atoms with Gasteiger partial charge < -0.3 is 45.1 Å². The number of β-amino-alcohol motifs (C(OH)–C–C–N with tert-alkyl or cyclic N) is 1. The van der Waals surface area contributed by atoms with Crippen molar-refractivity contribution in [3.8, 4) is 22.3 Å². The molecule has 4 fully saturated rings. The molecule has 2 aromatic heterocycles. The summed E-state index contributed by atoms with van der Waals surface area (Å²) in [5, 5.41) is 29.8. The van der Waals surface area contributed by atoms with Crippen molar-refractivity contribution >= 4 is 34.9 Å². The van der Waals surface area contributed by atoms with Crippen molar-refractivity contribution in [1.82, 2.24) is 35.7 Å². The second-order valence-electron chi connectivity index (χ2n) is 22.3. The molecule has 0 radical (unpaired) electrons. The highest BCUT2D eigenvalue weighted by Crippen LogP contribution is 2.56. The highest BCUT2D eigenvalue weighted by atomic mass is 32.1. The van der Waals surface area contributed by atoms with Crippen molar-refractivity contribution in [2.24, 2.45) is 22.2 Å². The number of aliphatic hydroxyl groups excluding tert-OH is 1. The summed E-state index contributed by atoms with van der Waals surface area (Å²) in [6.45, 7) is 19.1. The lowest BCUT2D eigenvalue weighted by Crippen LogP contribution is -2.74. The van der Waals surface area contributed by atoms with Crippen molar-refractivity contribution in [1.29, 1.82) is 5.26 Å². The predicted octanol–water partition coefficient (Wildman–Crippen LogP) is 6.50. The van der Waals surface area contributed by atoms with Crippen LogP contribution < -0.4 is 25.6 Å². The molecule has 3 saturated heterocycles. The first kappa shape index (κ1) is 53.7. The van der Waals surface area contributed by atoms with Gasteiger partial charge in [-0.05, 0) is 48.4 Å². The van der Waals surface area contributed by atoms with Gasteiger partial charge in [0, 0.05) is 85.8 Å². The number of aromatic nitrogens is 2. The number of halogens is 3. The molecule has 2 aromatic carbocycles. The number of anilines is 1. The smallest absolute Gasteiger partial charge is 0.417 e. The Balaban J connectivity index is 0.711. The normalized spacial score (nSPS) is 24.5. The molecule has 1 saturated carbocycles. The lowest BCUT2D eigenvalue weighted by molar-refractivity contribution is -0.164. The van der Waals surface area contributed by atoms with Gasteiger partial charge in [-0.3, -0.25) is 19.3 Å². The summed E-state index contributed by atoms with van der Waals surface area (Å²) in [6, 6.07) is 14.5. The Morgan fingerprint density at radius 3 is 2.33 bits per heavy atom. The predicted molar refractivity (Wildman–Crippen MR) is 275 cm³/mol. The lowest BCUT2D eigenvalue weighted by Gasteiger charge is -2.63. The van der Waals surface area contributed by atoms with Crippen molar-refractivity contribution in [3.05, 3.63) is 106 Å². The number of carbonyl (C=O) groups is 3. The summed E-state index contributed by atoms with van der Waals surface area (Å²) < 4.78 is 58.7. The molecule has 400 valence electrons. The average Bonchev–Trinajstić information content (AvgIpc) is 4.10. The standard InChI is InChI=1S/C55H66F3N9O7S/c1-32-45(75-31-61-32)34-10-8-33(9-11-34)44(37-28-73-29-37)63-48(70)42-22-39(68)27-67(42)49(71)46-52(2,3)24-38(62-46)30-72-21-20-65-16-18-66(19-17-65)43-15-13-36(26-60-43)47(69)64-50-53(4,5)51(54(50,6)7)74-40-14-12-35(25-59)41(23-40)55(56,57)58/h8-15,23-24,26,31,37,39,42,44,46,50-51,62,68H,16-22,27-30H2,1-7H3,(H,63,70)(H,64,69)/t39-,42+,44?,46?,50-,51-/m1/s1. The summed E-state index contributed by atoms with van der Waals surface area (Å²) in [7, 11) is 0. The van der Waals surface area contributed by atoms with Crippen LogP contribution >= 0.6 is 11.3 Å². The second kappa shape index (κ2) is 21.1. The number of piperazine rings is 1. The topological polar surface area (TPSA) is 195 Å². The molecule has 2 unspecified atom stereocenters. The van der Waals surface area contributed by atoms with E-state index in [0.29, 0.717) is 31.9 Å². The molecular weight excluding hydrogens is 988 g/mol. The molecule has 0 spiro atoms. The van der Waals surface area contributed by atoms with Crippen LogP contribution in [0.4, 0.5) is 19.0 Å². The molecule has 20 heteroatoms. The van der Waals surface area contributed by atoms with Gasteiger partial charge in [-0.25, -0.2) is 9.97 Å². The number of likely N-dealkylation sites (tertiary alicyclic amines) is 1. The van der Waals surface area contributed by atoms with Crippen LogP contribution in [0.1, 0.15) is 86.7 Å². The number of ether oxygens (including phenoxy) is 3. The monoisotopic (exact) mass is 1050 g/mol. The van der Waals surface area contributed by atoms with Crippen molar-refractivity contribution < 1.29 is 46.9 Å². The minimum absolute atomic E-state index is 0.00163. The molecule has 16 nitrogen and oxygen atoms in total. The van der Waals surface area contributed by atoms with Crippen LogP contribution in [0.15, 0.2) is 78.1 Å². The molecule has 4 atom stereocenters. The van der Waals surface area contributed by atoms with Gasteiger partial charge in [0.15, 0.2) is 0 Å². The number of pyridine rings is 1. The number of hydrogen-bond acceptors (Lipinski definition) is 14. The van der Waals surface area contributed by atoms with E-state index in [4.69, 9.17) is 14.2 Å². The first-order chi connectivity index (χ1) is 35.5. The van der Waals surface area contributed by atoms with Crippen LogP contribution in [0.3, 0.4) is 0 Å². The number of amides is 3. The molecule has 3 amide bonds. The number of rotatable bonds is 16. The number of benzene rings is 2. The number of nitrogens with zero attached hydrogens (tertiary/aromatic N) is 6. The third-order valence-electron chi connectivity index (χ3n) is 15.7. The Bertz CT molecular complexity index is 2800. The third-order valence-corrected chi connectivity index (χ3v) is 16.7. The summed E-state index contributed by atoms with van der Waals surface area (Å²) in [5.41, 5.74) is 2.57. The second-order valence-corrected chi connectivity index (χ2v) is 23.1. The Morgan fingerprint density at radius 2 is 1.72 bits per heavy atom. The zero-order chi connectivity index (χ0) is 53.6. The molecule has 4 aromatic rings. The van der Waals surface area contributed by atoms with E-state index in [-0.39, 0.29) is 61.0 Å². The molecule has 0 bridgehead atoms. The fourth-order valence-electron chi connectivity index (χ4n) is 11.8. The number of nitrogens with one attached hydrogen (secondary N) is 3. The first-order valence-corrected chi connectivity index (χ1v) is 26.4. The van der Waals surface area contributed by atoms with Gasteiger partial charge in [0.05, 0.1) is 77.4 Å². The molecule has 4 N–H and O–H groups in total. The number of nitriles is 1. The Hall–Kier alpha value is -6.11. The van der Waals surface area contributed by atoms with E-state index in [0.717, 1.165) is 71.5 Å². The molecule has 9 rings (SSSR count). The largest absolute Gasteiger partial charge is 0.489 e. The van der Waals surface area contributed by atoms with Crippen LogP contribution in [-0.2, 0) is 25.2 Å². The van der Waals surface area contributed by atoms with Gasteiger partial charge in [0.1, 0.15) is 29.8 Å². The average molecular weight is 1050 g/mol. The van der Waals surface area contributed by atoms with E-state index in [2.05, 4.69) is 35.7 Å². The molecule has 4 aliphatic heterocycles. The maximum atomic E-state index is 14.3. The minimum Gasteiger partial charge on any atom is -0.489 e. The molecule has 75 heavy (non-hydrogen) atoms. The maximum absolute atomic E-state index is 14.3. The fourth-order valence-corrected chi connectivity index (χ4v) is 12.6. The van der Waals surface area contributed by atoms with E-state index >= 15 is 0 Å². The number of carbonyl (C=O) groups excluding carboxylic acids is 3. The van der Waals surface area contributed by atoms with Gasteiger partial charge >= 0.3 is 6.18 Å². The van der Waals surface area contributed by atoms with Gasteiger partial charge in [0.2, 0.25) is 11.8 Å². The number of hydrogen-bond donors (Lipinski definition) is 4. The summed E-state index contributed by atoms with van der Waals surface area (Å²) in [5.74, 6) is -0.0358. The third kappa shape index (κ3) is 11.1. The van der Waals surface area contributed by atoms with Crippen LogP contribution in [0.5, 0.6) is 5.75 Å². The highest BCUT2D eigenvalue weighted by molar-refractivity contribution is 7.13. The summed E-state index contributed by atoms with van der Waals surface area (Å²) in [4.78, 5) is 58.0. The highest BCUT2D eigenvalue weighted by Gasteiger charge is 2.64. The fraction of sp³-hybridized carbons (Fsp3) is 0.527. The molecule has 6 heterocycles. The van der Waals surface area contributed by atoms with Gasteiger partial charge in [-0.15, -0.1) is 11.3 Å². The van der Waals surface area contributed by atoms with Gasteiger partial charge in [-0.2, -0.15) is 18.4 Å². The number of thiazole rings is 1. The van der Waals surface area contributed by atoms with Gasteiger partial charge in [0.25, 0.3) is 5.91 Å². The van der Waals surface area contributed by atoms with E-state index in [1.807, 2.05) is 90.4 Å². The van der Waals surface area contributed by atoms with E-state index in [1.54, 1.807) is 29.7 Å². The number of aryl methyl sites for hydroxylation is 1. The zero-order valence-electron chi connectivity index (χ0n) is 43.4. The van der Waals surface area contributed by atoms with Crippen LogP contribution in [0.2, 0.25) is 0 Å². The quantitative estimate of drug-likeness (QED) is 0.0890. The van der Waals surface area contributed by atoms with Crippen LogP contribution in [0.25, 0.3) is 10.4 Å². The SMILES string of the molecule is Cc1ncsc1-c1ccc(C(NC(=O)[C@@H]2C[C@@H](O)CN2C(=O)C2NC(COCCN3CCN(c4ccc(C(=O)N[C@H]5C(C)(C)[C@H](Oc6ccc(C#N)c(C(F)(F)F)c6)C5(C)C)cn4)CC3)=CC2(C)C)C2COC2)cc1. The van der Waals surface area contributed by atoms with E-state index in [9.17, 15) is 37.9 Å². The van der Waals surface area contributed by atoms with Gasteiger partial charge in [-0.1, -0.05) is 71.9 Å². The van der Waals surface area contributed by atoms with Crippen LogP contribution in [0, 0.1) is 40.4 Å². The zero-order valence-corrected chi connectivity index (χ0v) is 44.2. The van der Waals surface area contributed by atoms with Crippen molar-refractivity contribution in [2.45, 2.75) is 97.4 Å². The Morgan fingerprint density at radius 1 is 1.00 bits per heavy atom. The number of aliphatic hydroxyl groups is 1. The van der Waals surface area contributed by atoms with Crippen molar-refractivity contribution in [3.63, 3.8) is 0 Å².